The Hall–Kier alpha value is -1.07. The van der Waals surface area contributed by atoms with Crippen LogP contribution in [-0.2, 0) is 4.79 Å². The second-order valence-electron chi connectivity index (χ2n) is 6.76. The zero-order valence-corrected chi connectivity index (χ0v) is 16.3. The number of carboxylic acids is 1. The molecular formula is C19H25NO2S2. The van der Waals surface area contributed by atoms with E-state index in [2.05, 4.69) is 20.8 Å². The first-order valence-electron chi connectivity index (χ1n) is 8.74. The number of hydrogen-bond acceptors (Lipinski definition) is 4. The Morgan fingerprint density at radius 1 is 1.21 bits per heavy atom. The predicted molar refractivity (Wildman–Crippen MR) is 103 cm³/mol. The third-order valence-corrected chi connectivity index (χ3v) is 7.57. The van der Waals surface area contributed by atoms with Crippen LogP contribution in [0.3, 0.4) is 0 Å². The molecule has 24 heavy (non-hydrogen) atoms. The van der Waals surface area contributed by atoms with E-state index in [-0.39, 0.29) is 6.42 Å². The van der Waals surface area contributed by atoms with E-state index in [4.69, 9.17) is 10.1 Å². The zero-order valence-electron chi connectivity index (χ0n) is 14.6. The van der Waals surface area contributed by atoms with Crippen LogP contribution in [0, 0.1) is 5.92 Å². The summed E-state index contributed by atoms with van der Waals surface area (Å²) in [6.45, 7) is 6.88. The molecule has 1 atom stereocenters. The number of hydrogen-bond donors (Lipinski definition) is 1. The number of nitrogens with zero attached hydrogens (tertiary/aromatic N) is 1. The van der Waals surface area contributed by atoms with E-state index in [1.165, 1.54) is 52.1 Å². The van der Waals surface area contributed by atoms with Gasteiger partial charge in [-0.3, -0.25) is 4.79 Å². The number of allylic oxidation sites excluding steroid dienone is 4. The van der Waals surface area contributed by atoms with Gasteiger partial charge in [0.1, 0.15) is 0 Å². The van der Waals surface area contributed by atoms with Crippen LogP contribution in [0.15, 0.2) is 15.5 Å². The summed E-state index contributed by atoms with van der Waals surface area (Å²) in [6, 6.07) is 0. The Morgan fingerprint density at radius 3 is 2.58 bits per heavy atom. The molecule has 1 N–H and O–H groups in total. The Morgan fingerprint density at radius 2 is 1.88 bits per heavy atom. The average molecular weight is 364 g/mol. The lowest BCUT2D eigenvalue weighted by molar-refractivity contribution is -0.136. The molecule has 0 saturated heterocycles. The molecule has 130 valence electrons. The fraction of sp³-hybridized carbons (Fsp3) is 0.579. The Kier molecular flexibility index (Phi) is 5.50. The van der Waals surface area contributed by atoms with Crippen molar-refractivity contribution in [2.75, 3.05) is 5.75 Å². The van der Waals surface area contributed by atoms with Crippen molar-refractivity contribution in [1.29, 1.82) is 0 Å². The van der Waals surface area contributed by atoms with Crippen molar-refractivity contribution in [3.8, 4) is 0 Å². The number of thioether (sulfide) groups is 1. The molecule has 0 aromatic carbocycles. The van der Waals surface area contributed by atoms with Gasteiger partial charge in [0.2, 0.25) is 0 Å². The van der Waals surface area contributed by atoms with E-state index in [0.29, 0.717) is 11.7 Å². The lowest BCUT2D eigenvalue weighted by Crippen LogP contribution is -2.02. The van der Waals surface area contributed by atoms with Crippen molar-refractivity contribution in [2.45, 2.75) is 63.6 Å². The Bertz CT molecular complexity index is 667. The van der Waals surface area contributed by atoms with E-state index in [0.717, 1.165) is 17.2 Å². The van der Waals surface area contributed by atoms with Gasteiger partial charge in [0.15, 0.2) is 4.34 Å². The van der Waals surface area contributed by atoms with Gasteiger partial charge in [-0.25, -0.2) is 4.98 Å². The molecule has 0 aliphatic heterocycles. The fourth-order valence-corrected chi connectivity index (χ4v) is 5.92. The summed E-state index contributed by atoms with van der Waals surface area (Å²) in [6.07, 6.45) is 6.24. The van der Waals surface area contributed by atoms with Crippen LogP contribution in [0.25, 0.3) is 11.1 Å². The Labute approximate surface area is 152 Å². The molecule has 2 aliphatic rings. The molecule has 2 bridgehead atoms. The predicted octanol–water partition coefficient (Wildman–Crippen LogP) is 5.87. The third kappa shape index (κ3) is 3.47. The van der Waals surface area contributed by atoms with Gasteiger partial charge in [0.05, 0.1) is 17.0 Å². The average Bonchev–Trinajstić information content (AvgIpc) is 2.94. The molecule has 0 spiro atoms. The maximum absolute atomic E-state index is 10.7. The van der Waals surface area contributed by atoms with Crippen molar-refractivity contribution in [1.82, 2.24) is 4.98 Å². The topological polar surface area (TPSA) is 50.2 Å². The van der Waals surface area contributed by atoms with Gasteiger partial charge in [-0.05, 0) is 56.6 Å². The highest BCUT2D eigenvalue weighted by Crippen LogP contribution is 2.47. The van der Waals surface area contributed by atoms with E-state index in [1.54, 1.807) is 23.1 Å². The van der Waals surface area contributed by atoms with E-state index < -0.39 is 5.97 Å². The summed E-state index contributed by atoms with van der Waals surface area (Å²) in [7, 11) is 0. The number of rotatable bonds is 4. The van der Waals surface area contributed by atoms with Crippen LogP contribution in [-0.4, -0.2) is 21.8 Å². The van der Waals surface area contributed by atoms with Crippen LogP contribution in [0.2, 0.25) is 0 Å². The highest BCUT2D eigenvalue weighted by Gasteiger charge is 2.28. The number of aromatic nitrogens is 1. The molecular weight excluding hydrogens is 338 g/mol. The zero-order chi connectivity index (χ0) is 17.3. The van der Waals surface area contributed by atoms with Gasteiger partial charge in [0, 0.05) is 5.75 Å². The molecule has 2 aliphatic carbocycles. The minimum atomic E-state index is -0.739. The van der Waals surface area contributed by atoms with Crippen molar-refractivity contribution in [2.24, 2.45) is 5.92 Å². The van der Waals surface area contributed by atoms with Crippen molar-refractivity contribution in [3.63, 3.8) is 0 Å². The molecule has 1 unspecified atom stereocenters. The van der Waals surface area contributed by atoms with Gasteiger partial charge >= 0.3 is 5.97 Å². The maximum atomic E-state index is 10.7. The molecule has 3 rings (SSSR count). The van der Waals surface area contributed by atoms with E-state index in [1.807, 2.05) is 0 Å². The third-order valence-electron chi connectivity index (χ3n) is 5.31. The summed E-state index contributed by atoms with van der Waals surface area (Å²) >= 11 is 3.35. The lowest BCUT2D eigenvalue weighted by Gasteiger charge is -2.19. The highest BCUT2D eigenvalue weighted by molar-refractivity contribution is 8.01. The van der Waals surface area contributed by atoms with Crippen LogP contribution in [0.1, 0.15) is 69.9 Å². The van der Waals surface area contributed by atoms with Crippen molar-refractivity contribution < 1.29 is 9.90 Å². The first kappa shape index (κ1) is 17.7. The number of aliphatic carboxylic acids is 1. The molecule has 1 heterocycles. The summed E-state index contributed by atoms with van der Waals surface area (Å²) in [5.74, 6) is 0.350. The first-order chi connectivity index (χ1) is 11.5. The normalized spacial score (nSPS) is 21.2. The van der Waals surface area contributed by atoms with Crippen molar-refractivity contribution >= 4 is 40.2 Å². The number of carbonyl (C=O) groups is 1. The lowest BCUT2D eigenvalue weighted by atomic mass is 9.87. The minimum Gasteiger partial charge on any atom is -0.481 e. The molecule has 0 fully saturated rings. The van der Waals surface area contributed by atoms with Gasteiger partial charge in [0.25, 0.3) is 0 Å². The maximum Gasteiger partial charge on any atom is 0.304 e. The van der Waals surface area contributed by atoms with E-state index >= 15 is 0 Å². The second-order valence-corrected chi connectivity index (χ2v) is 9.10. The summed E-state index contributed by atoms with van der Waals surface area (Å²) in [4.78, 5) is 17.1. The molecule has 3 nitrogen and oxygen atoms in total. The van der Waals surface area contributed by atoms with Crippen LogP contribution in [0.5, 0.6) is 0 Å². The molecule has 5 heteroatoms. The monoisotopic (exact) mass is 363 g/mol. The Balaban J connectivity index is 2.03. The van der Waals surface area contributed by atoms with Gasteiger partial charge in [-0.1, -0.05) is 36.3 Å². The molecule has 0 saturated carbocycles. The van der Waals surface area contributed by atoms with Crippen LogP contribution >= 0.6 is 23.1 Å². The molecule has 0 amide bonds. The fourth-order valence-electron chi connectivity index (χ4n) is 3.62. The number of carboxylic acid groups (broad SMARTS) is 1. The molecule has 1 aromatic heterocycles. The SMILES string of the molecule is CC1=C2CCCCCC(=C(C)C1C)c1sc(SCCC(=O)O)nc12. The van der Waals surface area contributed by atoms with Crippen LogP contribution in [0.4, 0.5) is 0 Å². The van der Waals surface area contributed by atoms with E-state index in [9.17, 15) is 4.79 Å². The summed E-state index contributed by atoms with van der Waals surface area (Å²) in [5, 5.41) is 8.84. The largest absolute Gasteiger partial charge is 0.481 e. The molecule has 1 aromatic rings. The van der Waals surface area contributed by atoms with Gasteiger partial charge < -0.3 is 5.11 Å². The molecule has 0 radical (unpaired) electrons. The smallest absolute Gasteiger partial charge is 0.304 e. The van der Waals surface area contributed by atoms with Crippen molar-refractivity contribution in [3.05, 3.63) is 21.7 Å². The second kappa shape index (κ2) is 7.44. The van der Waals surface area contributed by atoms with Gasteiger partial charge in [-0.2, -0.15) is 0 Å². The summed E-state index contributed by atoms with van der Waals surface area (Å²) < 4.78 is 1.02. The highest BCUT2D eigenvalue weighted by atomic mass is 32.2. The summed E-state index contributed by atoms with van der Waals surface area (Å²) in [5.41, 5.74) is 7.09. The van der Waals surface area contributed by atoms with Gasteiger partial charge in [-0.15, -0.1) is 11.3 Å². The quantitative estimate of drug-likeness (QED) is 0.680. The standard InChI is InChI=1S/C19H25NO2S2/c1-11-12(2)14-7-5-4-6-8-15(13(11)3)18-17(14)20-19(24-18)23-10-9-16(21)22/h11H,4-10H2,1-3H3,(H,21,22). The minimum absolute atomic E-state index is 0.190. The van der Waals surface area contributed by atoms with Crippen LogP contribution < -0.4 is 0 Å². The first-order valence-corrected chi connectivity index (χ1v) is 10.5. The number of thiazole rings is 1.